The van der Waals surface area contributed by atoms with Crippen LogP contribution in [0.15, 0.2) is 29.8 Å². The lowest BCUT2D eigenvalue weighted by atomic mass is 9.68. The van der Waals surface area contributed by atoms with Crippen molar-refractivity contribution in [3.8, 4) is 11.5 Å². The molecule has 1 aliphatic carbocycles. The van der Waals surface area contributed by atoms with Crippen molar-refractivity contribution in [1.29, 1.82) is 0 Å². The molecule has 3 fully saturated rings. The van der Waals surface area contributed by atoms with Gasteiger partial charge in [0.05, 0.1) is 6.04 Å². The van der Waals surface area contributed by atoms with Crippen molar-refractivity contribution in [2.24, 2.45) is 11.8 Å². The number of benzene rings is 1. The second kappa shape index (κ2) is 7.49. The number of piperidine rings is 3. The van der Waals surface area contributed by atoms with Gasteiger partial charge in [0.15, 0.2) is 11.5 Å². The maximum Gasteiger partial charge on any atom is 0.318 e. The monoisotopic (exact) mass is 409 g/mol. The Labute approximate surface area is 178 Å². The van der Waals surface area contributed by atoms with E-state index in [4.69, 9.17) is 9.47 Å². The third-order valence-corrected chi connectivity index (χ3v) is 7.80. The van der Waals surface area contributed by atoms with E-state index < -0.39 is 0 Å². The van der Waals surface area contributed by atoms with E-state index in [1.807, 2.05) is 18.2 Å². The Morgan fingerprint density at radius 2 is 2.07 bits per heavy atom. The Morgan fingerprint density at radius 3 is 3.03 bits per heavy atom. The van der Waals surface area contributed by atoms with Crippen LogP contribution in [0, 0.1) is 11.8 Å². The molecule has 160 valence electrons. The lowest BCUT2D eigenvalue weighted by molar-refractivity contribution is 0.00788. The number of nitrogens with one attached hydrogen (secondary N) is 1. The Kier molecular flexibility index (Phi) is 4.63. The van der Waals surface area contributed by atoms with Gasteiger partial charge < -0.3 is 19.7 Å². The van der Waals surface area contributed by atoms with Crippen molar-refractivity contribution in [2.45, 2.75) is 57.2 Å². The molecule has 1 aromatic rings. The minimum absolute atomic E-state index is 0.0717. The highest BCUT2D eigenvalue weighted by Crippen LogP contribution is 2.45. The molecule has 0 saturated carbocycles. The molecule has 2 bridgehead atoms. The molecule has 5 aliphatic rings. The van der Waals surface area contributed by atoms with Crippen molar-refractivity contribution in [2.75, 3.05) is 26.4 Å². The summed E-state index contributed by atoms with van der Waals surface area (Å²) in [6.07, 6.45) is 10.1. The second-order valence-corrected chi connectivity index (χ2v) is 9.55. The van der Waals surface area contributed by atoms with Gasteiger partial charge in [-0.15, -0.1) is 0 Å². The topological polar surface area (TPSA) is 54.0 Å². The molecule has 4 heterocycles. The highest BCUT2D eigenvalue weighted by molar-refractivity contribution is 5.75. The predicted octanol–water partition coefficient (Wildman–Crippen LogP) is 3.52. The summed E-state index contributed by atoms with van der Waals surface area (Å²) in [7, 11) is 0. The number of carbonyl (C=O) groups excluding carboxylic acids is 1. The first kappa shape index (κ1) is 18.6. The number of nitrogens with zero attached hydrogens (tertiary/aromatic N) is 2. The van der Waals surface area contributed by atoms with Crippen molar-refractivity contribution in [3.63, 3.8) is 0 Å². The largest absolute Gasteiger partial charge is 0.454 e. The Morgan fingerprint density at radius 1 is 1.13 bits per heavy atom. The van der Waals surface area contributed by atoms with Crippen molar-refractivity contribution in [3.05, 3.63) is 35.4 Å². The summed E-state index contributed by atoms with van der Waals surface area (Å²) < 4.78 is 10.8. The maximum atomic E-state index is 13.2. The van der Waals surface area contributed by atoms with Crippen LogP contribution in [0.25, 0.3) is 0 Å². The maximum absolute atomic E-state index is 13.2. The molecular weight excluding hydrogens is 378 g/mol. The van der Waals surface area contributed by atoms with Gasteiger partial charge in [-0.05, 0) is 68.2 Å². The van der Waals surface area contributed by atoms with Crippen LogP contribution in [0.4, 0.5) is 4.79 Å². The molecule has 0 radical (unpaired) electrons. The highest BCUT2D eigenvalue weighted by atomic mass is 16.7. The molecule has 1 aromatic carbocycles. The van der Waals surface area contributed by atoms with E-state index in [-0.39, 0.29) is 18.9 Å². The molecule has 0 aromatic heterocycles. The first-order chi connectivity index (χ1) is 14.8. The minimum atomic E-state index is 0.0717. The van der Waals surface area contributed by atoms with Crippen LogP contribution in [-0.4, -0.2) is 54.3 Å². The van der Waals surface area contributed by atoms with E-state index in [9.17, 15) is 4.79 Å². The lowest BCUT2D eigenvalue weighted by Crippen LogP contribution is -2.61. The first-order valence-corrected chi connectivity index (χ1v) is 11.6. The minimum Gasteiger partial charge on any atom is -0.454 e. The number of rotatable bonds is 2. The van der Waals surface area contributed by atoms with E-state index in [2.05, 4.69) is 21.2 Å². The fraction of sp³-hybridized carbons (Fsp3) is 0.625. The summed E-state index contributed by atoms with van der Waals surface area (Å²) in [6.45, 7) is 4.05. The summed E-state index contributed by atoms with van der Waals surface area (Å²) >= 11 is 0. The highest BCUT2D eigenvalue weighted by Gasteiger charge is 2.46. The molecule has 6 rings (SSSR count). The van der Waals surface area contributed by atoms with Crippen molar-refractivity contribution in [1.82, 2.24) is 15.1 Å². The number of ether oxygens (including phenoxy) is 2. The van der Waals surface area contributed by atoms with Crippen LogP contribution in [0.2, 0.25) is 0 Å². The summed E-state index contributed by atoms with van der Waals surface area (Å²) in [5.74, 6) is 2.83. The van der Waals surface area contributed by atoms with Gasteiger partial charge >= 0.3 is 6.03 Å². The Bertz CT molecular complexity index is 869. The van der Waals surface area contributed by atoms with Gasteiger partial charge in [0, 0.05) is 25.7 Å². The number of urea groups is 1. The number of hydrogen-bond acceptors (Lipinski definition) is 4. The number of carbonyl (C=O) groups is 1. The standard InChI is InChI=1S/C24H31N3O3/c28-24(25-13-16-6-7-21-22(10-16)30-15-29-21)27-9-3-4-17-11-18-12-19(23(17)27)14-26-8-2-1-5-20(18)26/h6-7,10-11,18-20,23H,1-5,8-9,12-15H2,(H,25,28). The third-order valence-electron chi connectivity index (χ3n) is 7.80. The normalized spacial score (nSPS) is 32.1. The lowest BCUT2D eigenvalue weighted by Gasteiger charge is -2.54. The van der Waals surface area contributed by atoms with Crippen LogP contribution in [0.1, 0.15) is 44.1 Å². The summed E-state index contributed by atoms with van der Waals surface area (Å²) in [5.41, 5.74) is 2.57. The van der Waals surface area contributed by atoms with E-state index in [1.54, 1.807) is 0 Å². The van der Waals surface area contributed by atoms with Gasteiger partial charge in [0.25, 0.3) is 0 Å². The zero-order chi connectivity index (χ0) is 20.1. The van der Waals surface area contributed by atoms with Crippen LogP contribution >= 0.6 is 0 Å². The van der Waals surface area contributed by atoms with Crippen LogP contribution in [-0.2, 0) is 6.54 Å². The van der Waals surface area contributed by atoms with Gasteiger partial charge in [0.1, 0.15) is 0 Å². The van der Waals surface area contributed by atoms with Crippen LogP contribution < -0.4 is 14.8 Å². The summed E-state index contributed by atoms with van der Waals surface area (Å²) in [5, 5.41) is 3.17. The second-order valence-electron chi connectivity index (χ2n) is 9.55. The number of fused-ring (bicyclic) bond motifs is 7. The van der Waals surface area contributed by atoms with Crippen molar-refractivity contribution >= 4 is 6.03 Å². The molecule has 3 saturated heterocycles. The molecule has 1 N–H and O–H groups in total. The molecule has 6 nitrogen and oxygen atoms in total. The van der Waals surface area contributed by atoms with Crippen LogP contribution in [0.5, 0.6) is 11.5 Å². The molecule has 4 atom stereocenters. The van der Waals surface area contributed by atoms with Crippen molar-refractivity contribution < 1.29 is 14.3 Å². The molecule has 6 heteroatoms. The quantitative estimate of drug-likeness (QED) is 0.760. The molecule has 30 heavy (non-hydrogen) atoms. The molecule has 2 amide bonds. The fourth-order valence-electron chi connectivity index (χ4n) is 6.53. The van der Waals surface area contributed by atoms with E-state index >= 15 is 0 Å². The van der Waals surface area contributed by atoms with Gasteiger partial charge in [0.2, 0.25) is 6.79 Å². The zero-order valence-corrected chi connectivity index (χ0v) is 17.5. The van der Waals surface area contributed by atoms with E-state index in [1.165, 1.54) is 37.8 Å². The fourth-order valence-corrected chi connectivity index (χ4v) is 6.53. The van der Waals surface area contributed by atoms with Gasteiger partial charge in [-0.3, -0.25) is 4.90 Å². The molecule has 0 spiro atoms. The van der Waals surface area contributed by atoms with Gasteiger partial charge in [-0.25, -0.2) is 4.79 Å². The van der Waals surface area contributed by atoms with E-state index in [0.717, 1.165) is 49.0 Å². The van der Waals surface area contributed by atoms with Gasteiger partial charge in [-0.2, -0.15) is 0 Å². The Hall–Kier alpha value is -2.21. The zero-order valence-electron chi connectivity index (χ0n) is 17.5. The van der Waals surface area contributed by atoms with Gasteiger partial charge in [-0.1, -0.05) is 24.1 Å². The average molecular weight is 410 g/mol. The molecule has 4 unspecified atom stereocenters. The SMILES string of the molecule is O=C(NCc1ccc2c(c1)OCO2)N1CCCC2=CC3CC(CN4CCCCC34)C21. The summed E-state index contributed by atoms with van der Waals surface area (Å²) in [6, 6.07) is 6.99. The Balaban J connectivity index is 1.17. The molecular formula is C24H31N3O3. The average Bonchev–Trinajstić information content (AvgIpc) is 3.25. The molecule has 4 aliphatic heterocycles. The summed E-state index contributed by atoms with van der Waals surface area (Å²) in [4.78, 5) is 18.1. The predicted molar refractivity (Wildman–Crippen MR) is 113 cm³/mol. The van der Waals surface area contributed by atoms with Crippen LogP contribution in [0.3, 0.4) is 0 Å². The number of hydrogen-bond donors (Lipinski definition) is 1. The van der Waals surface area contributed by atoms with E-state index in [0.29, 0.717) is 18.4 Å². The number of likely N-dealkylation sites (tertiary alicyclic amines) is 1. The smallest absolute Gasteiger partial charge is 0.318 e. The number of amides is 2. The third kappa shape index (κ3) is 3.16. The first-order valence-electron chi connectivity index (χ1n) is 11.6.